The lowest BCUT2D eigenvalue weighted by atomic mass is 10.2. The topological polar surface area (TPSA) is 83.9 Å². The average Bonchev–Trinajstić information content (AvgIpc) is 2.38. The molecule has 21 heavy (non-hydrogen) atoms. The summed E-state index contributed by atoms with van der Waals surface area (Å²) in [5, 5.41) is 8.69. The normalized spacial score (nSPS) is 12.0. The standard InChI is InChI=1S/C14H21NO5S/c1-11(2)20-9-8-15(3)21(18,19)13-6-4-12(5-7-13)10-14(16)17/h4-7,11H,8-10H2,1-3H3,(H,16,17). The van der Waals surface area contributed by atoms with Crippen molar-refractivity contribution >= 4 is 16.0 Å². The molecule has 0 radical (unpaired) electrons. The Bertz CT molecular complexity index is 566. The third kappa shape index (κ3) is 5.45. The number of sulfonamides is 1. The van der Waals surface area contributed by atoms with Gasteiger partial charge in [-0.15, -0.1) is 0 Å². The molecule has 1 rings (SSSR count). The number of rotatable bonds is 8. The molecule has 0 aromatic heterocycles. The zero-order valence-corrected chi connectivity index (χ0v) is 13.3. The van der Waals surface area contributed by atoms with Crippen molar-refractivity contribution in [2.45, 2.75) is 31.3 Å². The van der Waals surface area contributed by atoms with Crippen LogP contribution in [0.2, 0.25) is 0 Å². The first-order chi connectivity index (χ1) is 9.73. The minimum atomic E-state index is -3.58. The van der Waals surface area contributed by atoms with E-state index in [1.165, 1.54) is 35.6 Å². The van der Waals surface area contributed by atoms with Gasteiger partial charge in [0.15, 0.2) is 0 Å². The van der Waals surface area contributed by atoms with Gasteiger partial charge in [0.2, 0.25) is 10.0 Å². The molecule has 0 heterocycles. The van der Waals surface area contributed by atoms with Gasteiger partial charge in [0.05, 0.1) is 24.0 Å². The van der Waals surface area contributed by atoms with Crippen LogP contribution in [0.5, 0.6) is 0 Å². The lowest BCUT2D eigenvalue weighted by Gasteiger charge is -2.18. The molecule has 0 aliphatic rings. The van der Waals surface area contributed by atoms with Gasteiger partial charge in [0.1, 0.15) is 0 Å². The van der Waals surface area contributed by atoms with E-state index in [1.54, 1.807) is 0 Å². The Morgan fingerprint density at radius 1 is 1.29 bits per heavy atom. The number of hydrogen-bond donors (Lipinski definition) is 1. The molecule has 0 spiro atoms. The fourth-order valence-electron chi connectivity index (χ4n) is 1.67. The lowest BCUT2D eigenvalue weighted by molar-refractivity contribution is -0.136. The van der Waals surface area contributed by atoms with Gasteiger partial charge in [-0.2, -0.15) is 4.31 Å². The molecule has 6 nitrogen and oxygen atoms in total. The van der Waals surface area contributed by atoms with E-state index >= 15 is 0 Å². The number of benzene rings is 1. The van der Waals surface area contributed by atoms with Crippen molar-refractivity contribution in [2.75, 3.05) is 20.2 Å². The summed E-state index contributed by atoms with van der Waals surface area (Å²) >= 11 is 0. The van der Waals surface area contributed by atoms with E-state index in [0.29, 0.717) is 12.2 Å². The summed E-state index contributed by atoms with van der Waals surface area (Å²) in [6.07, 6.45) is -0.0744. The van der Waals surface area contributed by atoms with Crippen LogP contribution in [0.15, 0.2) is 29.2 Å². The maximum Gasteiger partial charge on any atom is 0.307 e. The molecule has 0 saturated carbocycles. The van der Waals surface area contributed by atoms with Crippen molar-refractivity contribution in [3.8, 4) is 0 Å². The highest BCUT2D eigenvalue weighted by Crippen LogP contribution is 2.15. The van der Waals surface area contributed by atoms with Gasteiger partial charge >= 0.3 is 5.97 Å². The van der Waals surface area contributed by atoms with Crippen LogP contribution in [0.4, 0.5) is 0 Å². The van der Waals surface area contributed by atoms with Crippen LogP contribution in [0.1, 0.15) is 19.4 Å². The number of carboxylic acids is 1. The van der Waals surface area contributed by atoms with Crippen LogP contribution in [-0.4, -0.2) is 50.1 Å². The fraction of sp³-hybridized carbons (Fsp3) is 0.500. The lowest BCUT2D eigenvalue weighted by Crippen LogP contribution is -2.30. The molecule has 0 aliphatic carbocycles. The van der Waals surface area contributed by atoms with Crippen LogP contribution in [0.3, 0.4) is 0 Å². The number of likely N-dealkylation sites (N-methyl/N-ethyl adjacent to an activating group) is 1. The van der Waals surface area contributed by atoms with Crippen LogP contribution in [0, 0.1) is 0 Å². The van der Waals surface area contributed by atoms with Gasteiger partial charge in [-0.05, 0) is 31.5 Å². The van der Waals surface area contributed by atoms with Crippen LogP contribution >= 0.6 is 0 Å². The smallest absolute Gasteiger partial charge is 0.307 e. The summed E-state index contributed by atoms with van der Waals surface area (Å²) < 4.78 is 31.1. The number of hydrogen-bond acceptors (Lipinski definition) is 4. The number of aliphatic carboxylic acids is 1. The molecule has 0 amide bonds. The summed E-state index contributed by atoms with van der Waals surface area (Å²) in [5.41, 5.74) is 0.562. The van der Waals surface area contributed by atoms with E-state index in [9.17, 15) is 13.2 Å². The van der Waals surface area contributed by atoms with E-state index in [-0.39, 0.29) is 24.0 Å². The van der Waals surface area contributed by atoms with E-state index in [1.807, 2.05) is 13.8 Å². The number of ether oxygens (including phenoxy) is 1. The first kappa shape index (κ1) is 17.6. The molecule has 0 unspecified atom stereocenters. The maximum atomic E-state index is 12.3. The van der Waals surface area contributed by atoms with Crippen molar-refractivity contribution in [1.82, 2.24) is 4.31 Å². The van der Waals surface area contributed by atoms with Crippen molar-refractivity contribution in [1.29, 1.82) is 0 Å². The predicted molar refractivity (Wildman–Crippen MR) is 78.7 cm³/mol. The second-order valence-electron chi connectivity index (χ2n) is 4.96. The molecule has 118 valence electrons. The van der Waals surface area contributed by atoms with E-state index in [0.717, 1.165) is 0 Å². The monoisotopic (exact) mass is 315 g/mol. The molecule has 0 fully saturated rings. The van der Waals surface area contributed by atoms with Gasteiger partial charge in [0.25, 0.3) is 0 Å². The Balaban J connectivity index is 2.75. The Labute approximate surface area is 125 Å². The summed E-state index contributed by atoms with van der Waals surface area (Å²) in [6.45, 7) is 4.35. The second kappa shape index (κ2) is 7.53. The quantitative estimate of drug-likeness (QED) is 0.783. The molecular weight excluding hydrogens is 294 g/mol. The van der Waals surface area contributed by atoms with Crippen molar-refractivity contribution in [2.24, 2.45) is 0 Å². The number of carboxylic acid groups (broad SMARTS) is 1. The Morgan fingerprint density at radius 3 is 2.33 bits per heavy atom. The largest absolute Gasteiger partial charge is 0.481 e. The van der Waals surface area contributed by atoms with Gasteiger partial charge < -0.3 is 9.84 Å². The molecule has 1 N–H and O–H groups in total. The first-order valence-electron chi connectivity index (χ1n) is 6.62. The van der Waals surface area contributed by atoms with Gasteiger partial charge in [-0.3, -0.25) is 4.79 Å². The summed E-state index contributed by atoms with van der Waals surface area (Å²) in [6, 6.07) is 5.87. The molecule has 1 aromatic carbocycles. The summed E-state index contributed by atoms with van der Waals surface area (Å²) in [4.78, 5) is 10.7. The maximum absolute atomic E-state index is 12.3. The molecule has 1 aromatic rings. The third-order valence-corrected chi connectivity index (χ3v) is 4.72. The highest BCUT2D eigenvalue weighted by atomic mass is 32.2. The highest BCUT2D eigenvalue weighted by Gasteiger charge is 2.20. The molecular formula is C14H21NO5S. The van der Waals surface area contributed by atoms with E-state index in [4.69, 9.17) is 9.84 Å². The van der Waals surface area contributed by atoms with Crippen molar-refractivity contribution in [3.05, 3.63) is 29.8 Å². The fourth-order valence-corrected chi connectivity index (χ4v) is 2.83. The number of nitrogens with zero attached hydrogens (tertiary/aromatic N) is 1. The molecule has 0 atom stereocenters. The van der Waals surface area contributed by atoms with E-state index in [2.05, 4.69) is 0 Å². The van der Waals surface area contributed by atoms with Gasteiger partial charge in [0, 0.05) is 13.6 Å². The molecule has 7 heteroatoms. The number of carbonyl (C=O) groups is 1. The molecule has 0 saturated heterocycles. The summed E-state index contributed by atoms with van der Waals surface area (Å²) in [7, 11) is -2.09. The predicted octanol–water partition coefficient (Wildman–Crippen LogP) is 1.36. The molecule has 0 aliphatic heterocycles. The second-order valence-corrected chi connectivity index (χ2v) is 7.01. The highest BCUT2D eigenvalue weighted by molar-refractivity contribution is 7.89. The minimum absolute atomic E-state index is 0.0522. The van der Waals surface area contributed by atoms with Crippen molar-refractivity contribution < 1.29 is 23.1 Å². The van der Waals surface area contributed by atoms with Crippen molar-refractivity contribution in [3.63, 3.8) is 0 Å². The molecule has 0 bridgehead atoms. The zero-order chi connectivity index (χ0) is 16.0. The average molecular weight is 315 g/mol. The zero-order valence-electron chi connectivity index (χ0n) is 12.4. The van der Waals surface area contributed by atoms with E-state index < -0.39 is 16.0 Å². The van der Waals surface area contributed by atoms with Gasteiger partial charge in [-0.25, -0.2) is 8.42 Å². The van der Waals surface area contributed by atoms with Crippen LogP contribution < -0.4 is 0 Å². The SMILES string of the molecule is CC(C)OCCN(C)S(=O)(=O)c1ccc(CC(=O)O)cc1. The first-order valence-corrected chi connectivity index (χ1v) is 8.06. The minimum Gasteiger partial charge on any atom is -0.481 e. The Kier molecular flexibility index (Phi) is 6.32. The summed E-state index contributed by atoms with van der Waals surface area (Å²) in [5.74, 6) is -0.950. The Morgan fingerprint density at radius 2 is 1.86 bits per heavy atom. The third-order valence-electron chi connectivity index (χ3n) is 2.84. The van der Waals surface area contributed by atoms with Crippen LogP contribution in [0.25, 0.3) is 0 Å². The Hall–Kier alpha value is -1.44. The van der Waals surface area contributed by atoms with Gasteiger partial charge in [-0.1, -0.05) is 12.1 Å². The van der Waals surface area contributed by atoms with Crippen LogP contribution in [-0.2, 0) is 26.0 Å².